The van der Waals surface area contributed by atoms with Crippen molar-refractivity contribution in [2.24, 2.45) is 0 Å². The Labute approximate surface area is 154 Å². The quantitative estimate of drug-likeness (QED) is 0.664. The molecule has 2 aromatic heterocycles. The molecule has 1 amide bonds. The molecule has 0 aliphatic rings. The first kappa shape index (κ1) is 18.0. The Hall–Kier alpha value is -2.81. The van der Waals surface area contributed by atoms with Crippen LogP contribution in [0.4, 0.5) is 5.69 Å². The second-order valence-corrected chi connectivity index (χ2v) is 6.49. The number of hydrogen-bond donors (Lipinski definition) is 1. The molecule has 136 valence electrons. The van der Waals surface area contributed by atoms with Gasteiger partial charge < -0.3 is 14.8 Å². The van der Waals surface area contributed by atoms with Crippen LogP contribution in [0.5, 0.6) is 11.5 Å². The largest absolute Gasteiger partial charge is 0.497 e. The molecule has 3 rings (SSSR count). The normalized spacial score (nSPS) is 10.8. The van der Waals surface area contributed by atoms with Crippen LogP contribution < -0.4 is 14.8 Å². The molecule has 0 aliphatic carbocycles. The van der Waals surface area contributed by atoms with Crippen LogP contribution >= 0.6 is 11.8 Å². The zero-order chi connectivity index (χ0) is 18.7. The average Bonchev–Trinajstić information content (AvgIpc) is 3.03. The third kappa shape index (κ3) is 3.88. The molecule has 0 saturated carbocycles. The van der Waals surface area contributed by atoms with Crippen LogP contribution in [0.2, 0.25) is 0 Å². The summed E-state index contributed by atoms with van der Waals surface area (Å²) in [7, 11) is 3.11. The van der Waals surface area contributed by atoms with Crippen molar-refractivity contribution in [2.45, 2.75) is 19.0 Å². The van der Waals surface area contributed by atoms with Gasteiger partial charge in [0.05, 0.1) is 25.7 Å². The van der Waals surface area contributed by atoms with Gasteiger partial charge in [0.15, 0.2) is 0 Å². The van der Waals surface area contributed by atoms with Gasteiger partial charge in [0.2, 0.25) is 11.1 Å². The van der Waals surface area contributed by atoms with Crippen LogP contribution in [-0.2, 0) is 4.79 Å². The third-order valence-corrected chi connectivity index (χ3v) is 4.45. The van der Waals surface area contributed by atoms with Gasteiger partial charge in [-0.05, 0) is 32.0 Å². The van der Waals surface area contributed by atoms with E-state index in [1.165, 1.54) is 18.9 Å². The number of rotatable bonds is 6. The molecule has 0 radical (unpaired) electrons. The second-order valence-electron chi connectivity index (χ2n) is 5.55. The van der Waals surface area contributed by atoms with E-state index in [0.717, 1.165) is 11.4 Å². The lowest BCUT2D eigenvalue weighted by Gasteiger charge is -2.11. The van der Waals surface area contributed by atoms with Crippen LogP contribution in [0.3, 0.4) is 0 Å². The van der Waals surface area contributed by atoms with Crippen LogP contribution in [0.25, 0.3) is 5.78 Å². The highest BCUT2D eigenvalue weighted by molar-refractivity contribution is 7.99. The van der Waals surface area contributed by atoms with Gasteiger partial charge in [-0.25, -0.2) is 9.50 Å². The molecule has 0 atom stereocenters. The van der Waals surface area contributed by atoms with Gasteiger partial charge in [-0.1, -0.05) is 11.8 Å². The summed E-state index contributed by atoms with van der Waals surface area (Å²) in [5.41, 5.74) is 2.40. The first-order valence-electron chi connectivity index (χ1n) is 7.86. The van der Waals surface area contributed by atoms with E-state index in [1.54, 1.807) is 29.8 Å². The Morgan fingerprint density at radius 1 is 1.19 bits per heavy atom. The number of carbonyl (C=O) groups is 1. The standard InChI is InChI=1S/C17H19N5O3S/c1-10-7-11(2)22-16(18-10)20-17(21-22)26-9-15(23)19-13-6-5-12(24-3)8-14(13)25-4/h5-8H,9H2,1-4H3,(H,19,23). The predicted molar refractivity (Wildman–Crippen MR) is 99.2 cm³/mol. The Morgan fingerprint density at radius 2 is 2.00 bits per heavy atom. The summed E-state index contributed by atoms with van der Waals surface area (Å²) in [4.78, 5) is 20.9. The van der Waals surface area contributed by atoms with Gasteiger partial charge in [-0.2, -0.15) is 4.98 Å². The number of methoxy groups -OCH3 is 2. The minimum Gasteiger partial charge on any atom is -0.497 e. The number of fused-ring (bicyclic) bond motifs is 1. The lowest BCUT2D eigenvalue weighted by Crippen LogP contribution is -2.14. The van der Waals surface area contributed by atoms with Crippen molar-refractivity contribution >= 4 is 29.1 Å². The molecule has 0 bridgehead atoms. The molecule has 3 aromatic rings. The van der Waals surface area contributed by atoms with Crippen LogP contribution in [0, 0.1) is 13.8 Å². The molecule has 26 heavy (non-hydrogen) atoms. The molecule has 1 N–H and O–H groups in total. The summed E-state index contributed by atoms with van der Waals surface area (Å²) in [6.07, 6.45) is 0. The molecule has 0 aliphatic heterocycles. The van der Waals surface area contributed by atoms with E-state index in [-0.39, 0.29) is 11.7 Å². The number of nitrogens with zero attached hydrogens (tertiary/aromatic N) is 4. The van der Waals surface area contributed by atoms with Crippen molar-refractivity contribution in [1.82, 2.24) is 19.6 Å². The summed E-state index contributed by atoms with van der Waals surface area (Å²) >= 11 is 1.25. The number of nitrogens with one attached hydrogen (secondary N) is 1. The van der Waals surface area contributed by atoms with Gasteiger partial charge in [0.1, 0.15) is 11.5 Å². The molecule has 0 fully saturated rings. The van der Waals surface area contributed by atoms with E-state index in [9.17, 15) is 4.79 Å². The fourth-order valence-corrected chi connectivity index (χ4v) is 3.05. The molecule has 0 spiro atoms. The molecular formula is C17H19N5O3S. The Kier molecular flexibility index (Phi) is 5.27. The summed E-state index contributed by atoms with van der Waals surface area (Å²) in [5.74, 6) is 1.70. The predicted octanol–water partition coefficient (Wildman–Crippen LogP) is 2.49. The van der Waals surface area contributed by atoms with E-state index in [0.29, 0.717) is 28.1 Å². The molecule has 8 nitrogen and oxygen atoms in total. The van der Waals surface area contributed by atoms with Gasteiger partial charge in [0.25, 0.3) is 5.78 Å². The molecule has 9 heteroatoms. The van der Waals surface area contributed by atoms with Crippen LogP contribution in [0.1, 0.15) is 11.4 Å². The topological polar surface area (TPSA) is 90.6 Å². The van der Waals surface area contributed by atoms with E-state index >= 15 is 0 Å². The SMILES string of the molecule is COc1ccc(NC(=O)CSc2nc3nc(C)cc(C)n3n2)c(OC)c1. The number of benzene rings is 1. The first-order chi connectivity index (χ1) is 12.5. The number of aromatic nitrogens is 4. The number of ether oxygens (including phenoxy) is 2. The second kappa shape index (κ2) is 7.61. The molecule has 1 aromatic carbocycles. The molecule has 0 saturated heterocycles. The van der Waals surface area contributed by atoms with Crippen molar-refractivity contribution in [2.75, 3.05) is 25.3 Å². The number of carbonyl (C=O) groups excluding carboxylic acids is 1. The lowest BCUT2D eigenvalue weighted by atomic mass is 10.2. The molecular weight excluding hydrogens is 354 g/mol. The number of hydrogen-bond acceptors (Lipinski definition) is 7. The highest BCUT2D eigenvalue weighted by Crippen LogP contribution is 2.29. The summed E-state index contributed by atoms with van der Waals surface area (Å²) in [5, 5.41) is 7.70. The minimum atomic E-state index is -0.182. The fourth-order valence-electron chi connectivity index (χ4n) is 2.43. The maximum atomic E-state index is 12.2. The van der Waals surface area contributed by atoms with Gasteiger partial charge in [-0.3, -0.25) is 4.79 Å². The van der Waals surface area contributed by atoms with E-state index in [2.05, 4.69) is 20.4 Å². The maximum absolute atomic E-state index is 12.2. The average molecular weight is 373 g/mol. The Bertz CT molecular complexity index is 957. The zero-order valence-corrected chi connectivity index (χ0v) is 15.8. The lowest BCUT2D eigenvalue weighted by molar-refractivity contribution is -0.113. The van der Waals surface area contributed by atoms with Crippen LogP contribution in [-0.4, -0.2) is 45.5 Å². The maximum Gasteiger partial charge on any atom is 0.253 e. The van der Waals surface area contributed by atoms with Gasteiger partial charge in [0, 0.05) is 17.5 Å². The van der Waals surface area contributed by atoms with E-state index in [1.807, 2.05) is 19.9 Å². The van der Waals surface area contributed by atoms with E-state index < -0.39 is 0 Å². The molecule has 2 heterocycles. The molecule has 0 unspecified atom stereocenters. The summed E-state index contributed by atoms with van der Waals surface area (Å²) in [6.45, 7) is 3.84. The van der Waals surface area contributed by atoms with Crippen molar-refractivity contribution in [3.8, 4) is 11.5 Å². The van der Waals surface area contributed by atoms with E-state index in [4.69, 9.17) is 9.47 Å². The fraction of sp³-hybridized carbons (Fsp3) is 0.294. The summed E-state index contributed by atoms with van der Waals surface area (Å²) in [6, 6.07) is 7.13. The first-order valence-corrected chi connectivity index (χ1v) is 8.84. The number of thioether (sulfide) groups is 1. The zero-order valence-electron chi connectivity index (χ0n) is 14.9. The van der Waals surface area contributed by atoms with Crippen LogP contribution in [0.15, 0.2) is 29.4 Å². The van der Waals surface area contributed by atoms with Gasteiger partial charge in [-0.15, -0.1) is 5.10 Å². The van der Waals surface area contributed by atoms with Crippen molar-refractivity contribution in [1.29, 1.82) is 0 Å². The van der Waals surface area contributed by atoms with Crippen molar-refractivity contribution in [3.63, 3.8) is 0 Å². The van der Waals surface area contributed by atoms with Crippen molar-refractivity contribution in [3.05, 3.63) is 35.7 Å². The highest BCUT2D eigenvalue weighted by atomic mass is 32.2. The smallest absolute Gasteiger partial charge is 0.253 e. The number of amides is 1. The highest BCUT2D eigenvalue weighted by Gasteiger charge is 2.12. The third-order valence-electron chi connectivity index (χ3n) is 3.61. The Morgan fingerprint density at radius 3 is 2.73 bits per heavy atom. The van der Waals surface area contributed by atoms with Gasteiger partial charge >= 0.3 is 0 Å². The van der Waals surface area contributed by atoms with Crippen molar-refractivity contribution < 1.29 is 14.3 Å². The Balaban J connectivity index is 1.67. The number of aryl methyl sites for hydroxylation is 2. The number of anilines is 1. The monoisotopic (exact) mass is 373 g/mol. The minimum absolute atomic E-state index is 0.171. The summed E-state index contributed by atoms with van der Waals surface area (Å²) < 4.78 is 12.1.